The number of urea groups is 1. The standard InChI is InChI=1S/C37H48N4O5/c1-25(2)34(41-20-12-19-38-37(41)45)36(44)39-30(21-28-15-7-5-8-16-28)23-32(42)31(22-29-17-9-6-10-18-29)40-33(43)24-46-35-26(3)13-11-14-27(35)4/h5-11,13-18,25,30-32,34,42H,12,19-24H2,1-4H3,(H,38,45)(H,39,44)(H,40,43)/t30-,31-,32-,34-/m0/s1/i21D2,22D2. The van der Waals surface area contributed by atoms with E-state index in [0.29, 0.717) is 25.3 Å². The molecule has 0 aromatic heterocycles. The van der Waals surface area contributed by atoms with Crippen molar-refractivity contribution in [3.05, 3.63) is 101 Å². The van der Waals surface area contributed by atoms with E-state index in [9.17, 15) is 22.2 Å². The van der Waals surface area contributed by atoms with Crippen LogP contribution in [0.3, 0.4) is 0 Å². The van der Waals surface area contributed by atoms with Gasteiger partial charge in [-0.3, -0.25) is 9.59 Å². The van der Waals surface area contributed by atoms with Crippen molar-refractivity contribution in [1.29, 1.82) is 0 Å². The van der Waals surface area contributed by atoms with Crippen LogP contribution >= 0.6 is 0 Å². The number of hydrogen-bond acceptors (Lipinski definition) is 5. The second-order valence-electron chi connectivity index (χ2n) is 11.9. The zero-order valence-corrected chi connectivity index (χ0v) is 27.0. The van der Waals surface area contributed by atoms with Crippen molar-refractivity contribution >= 4 is 17.8 Å². The minimum atomic E-state index is -2.34. The van der Waals surface area contributed by atoms with Crippen LogP contribution in [-0.2, 0) is 22.3 Å². The molecule has 1 aliphatic heterocycles. The first-order valence-electron chi connectivity index (χ1n) is 17.8. The molecule has 0 radical (unpaired) electrons. The number of carbonyl (C=O) groups is 3. The van der Waals surface area contributed by atoms with Crippen molar-refractivity contribution in [1.82, 2.24) is 20.9 Å². The SMILES string of the molecule is [2H]C([2H])(c1ccccc1)[C@H](NC(=O)COc1c(C)cccc1C)[C@@H](O)C[C@@H](NC(=O)[C@H](C(C)C)N1CCCNC1=O)C([2H])([2H])c1ccccc1. The maximum atomic E-state index is 14.0. The number of nitrogens with zero attached hydrogens (tertiary/aromatic N) is 1. The Morgan fingerprint density at radius 2 is 1.54 bits per heavy atom. The van der Waals surface area contributed by atoms with Gasteiger partial charge in [-0.25, -0.2) is 4.79 Å². The summed E-state index contributed by atoms with van der Waals surface area (Å²) in [5.74, 6) is -1.11. The Morgan fingerprint density at radius 1 is 0.935 bits per heavy atom. The number of aryl methyl sites for hydroxylation is 2. The van der Waals surface area contributed by atoms with Crippen molar-refractivity contribution in [2.45, 2.75) is 77.5 Å². The molecule has 4 rings (SSSR count). The summed E-state index contributed by atoms with van der Waals surface area (Å²) >= 11 is 0. The van der Waals surface area contributed by atoms with E-state index in [-0.39, 0.29) is 17.0 Å². The van der Waals surface area contributed by atoms with Crippen molar-refractivity contribution in [3.63, 3.8) is 0 Å². The lowest BCUT2D eigenvalue weighted by atomic mass is 9.92. The van der Waals surface area contributed by atoms with Gasteiger partial charge in [0, 0.05) is 24.6 Å². The van der Waals surface area contributed by atoms with Crippen LogP contribution in [0.25, 0.3) is 0 Å². The second-order valence-corrected chi connectivity index (χ2v) is 11.9. The van der Waals surface area contributed by atoms with Crippen LogP contribution in [-0.4, -0.2) is 71.8 Å². The third kappa shape index (κ3) is 9.81. The summed E-state index contributed by atoms with van der Waals surface area (Å²) in [5, 5.41) is 20.0. The third-order valence-electron chi connectivity index (χ3n) is 7.81. The molecule has 46 heavy (non-hydrogen) atoms. The first-order valence-corrected chi connectivity index (χ1v) is 15.8. The van der Waals surface area contributed by atoms with Gasteiger partial charge in [-0.05, 0) is 67.6 Å². The average molecular weight is 633 g/mol. The van der Waals surface area contributed by atoms with E-state index < -0.39 is 67.8 Å². The van der Waals surface area contributed by atoms with E-state index in [1.54, 1.807) is 74.5 Å². The van der Waals surface area contributed by atoms with Crippen molar-refractivity contribution in [2.24, 2.45) is 5.92 Å². The van der Waals surface area contributed by atoms with Crippen LogP contribution in [0.15, 0.2) is 78.9 Å². The molecular formula is C37H48N4O5. The fourth-order valence-corrected chi connectivity index (χ4v) is 5.56. The molecule has 1 saturated heterocycles. The zero-order chi connectivity index (χ0) is 36.6. The molecular weight excluding hydrogens is 580 g/mol. The van der Waals surface area contributed by atoms with Crippen LogP contribution in [0.5, 0.6) is 5.75 Å². The van der Waals surface area contributed by atoms with Gasteiger partial charge in [0.15, 0.2) is 6.61 Å². The highest BCUT2D eigenvalue weighted by molar-refractivity contribution is 5.87. The van der Waals surface area contributed by atoms with Crippen LogP contribution in [0.1, 0.15) is 54.4 Å². The molecule has 3 aromatic carbocycles. The predicted molar refractivity (Wildman–Crippen MR) is 180 cm³/mol. The molecule has 9 heteroatoms. The van der Waals surface area contributed by atoms with E-state index in [1.165, 1.54) is 4.90 Å². The lowest BCUT2D eigenvalue weighted by Crippen LogP contribution is -2.59. The average Bonchev–Trinajstić information content (AvgIpc) is 3.08. The highest BCUT2D eigenvalue weighted by Crippen LogP contribution is 2.22. The number of hydrogen-bond donors (Lipinski definition) is 4. The van der Waals surface area contributed by atoms with Crippen LogP contribution in [0.4, 0.5) is 4.79 Å². The summed E-state index contributed by atoms with van der Waals surface area (Å²) in [5.41, 5.74) is 2.04. The van der Waals surface area contributed by atoms with E-state index >= 15 is 0 Å². The molecule has 1 aliphatic rings. The van der Waals surface area contributed by atoms with Gasteiger partial charge >= 0.3 is 6.03 Å². The van der Waals surface area contributed by atoms with Gasteiger partial charge in [-0.1, -0.05) is 92.7 Å². The van der Waals surface area contributed by atoms with Crippen molar-refractivity contribution in [3.8, 4) is 5.75 Å². The molecule has 1 fully saturated rings. The van der Waals surface area contributed by atoms with E-state index in [4.69, 9.17) is 7.48 Å². The predicted octanol–water partition coefficient (Wildman–Crippen LogP) is 4.33. The molecule has 1 heterocycles. The van der Waals surface area contributed by atoms with E-state index in [1.807, 2.05) is 32.0 Å². The van der Waals surface area contributed by atoms with Gasteiger partial charge < -0.3 is 30.7 Å². The van der Waals surface area contributed by atoms with Crippen LogP contribution in [0, 0.1) is 19.8 Å². The Labute approximate surface area is 278 Å². The molecule has 3 aromatic rings. The molecule has 9 nitrogen and oxygen atoms in total. The number of aliphatic hydroxyl groups excluding tert-OH is 1. The number of carbonyl (C=O) groups excluding carboxylic acids is 3. The van der Waals surface area contributed by atoms with Gasteiger partial charge in [0.2, 0.25) is 5.91 Å². The lowest BCUT2D eigenvalue weighted by Gasteiger charge is -2.37. The molecule has 4 amide bonds. The second kappa shape index (κ2) is 16.8. The Balaban J connectivity index is 1.67. The van der Waals surface area contributed by atoms with Crippen LogP contribution < -0.4 is 20.7 Å². The first kappa shape index (κ1) is 29.1. The molecule has 0 unspecified atom stereocenters. The molecule has 246 valence electrons. The number of rotatable bonds is 15. The van der Waals surface area contributed by atoms with Gasteiger partial charge in [0.25, 0.3) is 5.91 Å². The summed E-state index contributed by atoms with van der Waals surface area (Å²) in [7, 11) is 0. The van der Waals surface area contributed by atoms with Crippen LogP contribution in [0.2, 0.25) is 0 Å². The highest BCUT2D eigenvalue weighted by atomic mass is 16.5. The molecule has 0 bridgehead atoms. The quantitative estimate of drug-likeness (QED) is 0.199. The normalized spacial score (nSPS) is 17.7. The molecule has 0 aliphatic carbocycles. The maximum absolute atomic E-state index is 14.0. The van der Waals surface area contributed by atoms with Gasteiger partial charge in [0.1, 0.15) is 11.8 Å². The molecule has 0 saturated carbocycles. The van der Waals surface area contributed by atoms with Crippen molar-refractivity contribution < 1.29 is 29.7 Å². The molecule has 4 N–H and O–H groups in total. The fourth-order valence-electron chi connectivity index (χ4n) is 5.56. The van der Waals surface area contributed by atoms with E-state index in [2.05, 4.69) is 16.0 Å². The Morgan fingerprint density at radius 3 is 2.13 bits per heavy atom. The fraction of sp³-hybridized carbons (Fsp3) is 0.432. The van der Waals surface area contributed by atoms with E-state index in [0.717, 1.165) is 11.1 Å². The Bertz CT molecular complexity index is 1590. The maximum Gasteiger partial charge on any atom is 0.318 e. The lowest BCUT2D eigenvalue weighted by molar-refractivity contribution is -0.128. The molecule has 0 spiro atoms. The largest absolute Gasteiger partial charge is 0.483 e. The summed E-state index contributed by atoms with van der Waals surface area (Å²) in [4.78, 5) is 41.6. The van der Waals surface area contributed by atoms with Crippen molar-refractivity contribution in [2.75, 3.05) is 19.7 Å². The smallest absolute Gasteiger partial charge is 0.318 e. The minimum Gasteiger partial charge on any atom is -0.483 e. The van der Waals surface area contributed by atoms with Gasteiger partial charge in [-0.2, -0.15) is 0 Å². The summed E-state index contributed by atoms with van der Waals surface area (Å²) in [6.45, 7) is 7.65. The number of para-hydroxylation sites is 1. The number of nitrogens with one attached hydrogen (secondary N) is 3. The highest BCUT2D eigenvalue weighted by Gasteiger charge is 2.35. The summed E-state index contributed by atoms with van der Waals surface area (Å²) < 4.78 is 42.4. The monoisotopic (exact) mass is 632 g/mol. The number of aliphatic hydroxyl groups is 1. The first-order chi connectivity index (χ1) is 23.6. The Kier molecular flexibility index (Phi) is 10.6. The third-order valence-corrected chi connectivity index (χ3v) is 7.81. The zero-order valence-electron chi connectivity index (χ0n) is 31.0. The number of amides is 4. The number of benzene rings is 3. The number of ether oxygens (including phenoxy) is 1. The molecule has 4 atom stereocenters. The Hall–Kier alpha value is -4.37. The topological polar surface area (TPSA) is 120 Å². The summed E-state index contributed by atoms with van der Waals surface area (Å²) in [6, 6.07) is 17.5. The van der Waals surface area contributed by atoms with Gasteiger partial charge in [-0.15, -0.1) is 0 Å². The summed E-state index contributed by atoms with van der Waals surface area (Å²) in [6.07, 6.45) is -6.15. The van der Waals surface area contributed by atoms with Gasteiger partial charge in [0.05, 0.1) is 12.1 Å². The minimum absolute atomic E-state index is 0.183.